The number of ether oxygens (including phenoxy) is 2. The number of sulfonamides is 1. The molecule has 2 aromatic rings. The first kappa shape index (κ1) is 22.0. The van der Waals surface area contributed by atoms with Crippen LogP contribution in [-0.4, -0.2) is 53.0 Å². The Hall–Kier alpha value is -2.27. The molecule has 0 saturated heterocycles. The molecule has 0 unspecified atom stereocenters. The fraction of sp³-hybridized carbons (Fsp3) is 0.471. The van der Waals surface area contributed by atoms with Crippen molar-refractivity contribution in [3.63, 3.8) is 0 Å². The van der Waals surface area contributed by atoms with Gasteiger partial charge in [0.1, 0.15) is 5.75 Å². The Morgan fingerprint density at radius 2 is 1.79 bits per heavy atom. The molecular formula is C17H24N2O7S2. The normalized spacial score (nSPS) is 12.2. The average molecular weight is 433 g/mol. The Labute approximate surface area is 164 Å². The molecule has 0 aliphatic heterocycles. The average Bonchev–Trinajstić information content (AvgIpc) is 2.86. The molecular weight excluding hydrogens is 408 g/mol. The predicted molar refractivity (Wildman–Crippen MR) is 107 cm³/mol. The maximum Gasteiger partial charge on any atom is 0.340 e. The van der Waals surface area contributed by atoms with Crippen molar-refractivity contribution in [1.82, 2.24) is 3.97 Å². The molecule has 0 fully saturated rings. The van der Waals surface area contributed by atoms with Crippen LogP contribution >= 0.6 is 0 Å². The maximum atomic E-state index is 12.6. The van der Waals surface area contributed by atoms with Gasteiger partial charge in [0.05, 0.1) is 43.0 Å². The van der Waals surface area contributed by atoms with Gasteiger partial charge in [0.2, 0.25) is 20.0 Å². The number of carbonyl (C=O) groups excluding carboxylic acids is 1. The van der Waals surface area contributed by atoms with Crippen molar-refractivity contribution < 1.29 is 31.1 Å². The highest BCUT2D eigenvalue weighted by Gasteiger charge is 2.28. The second-order valence-electron chi connectivity index (χ2n) is 6.26. The Morgan fingerprint density at radius 3 is 2.25 bits per heavy atom. The lowest BCUT2D eigenvalue weighted by Crippen LogP contribution is -2.15. The molecule has 0 bridgehead atoms. The minimum absolute atomic E-state index is 0.0942. The van der Waals surface area contributed by atoms with Crippen molar-refractivity contribution in [2.45, 2.75) is 26.7 Å². The summed E-state index contributed by atoms with van der Waals surface area (Å²) in [6, 6.07) is 2.79. The van der Waals surface area contributed by atoms with E-state index in [1.807, 2.05) is 6.92 Å². The van der Waals surface area contributed by atoms with Crippen LogP contribution in [0.4, 0.5) is 5.69 Å². The summed E-state index contributed by atoms with van der Waals surface area (Å²) in [6.45, 7) is 3.61. The largest absolute Gasteiger partial charge is 0.494 e. The molecule has 156 valence electrons. The summed E-state index contributed by atoms with van der Waals surface area (Å²) < 4.78 is 62.2. The maximum absolute atomic E-state index is 12.6. The molecule has 0 amide bonds. The van der Waals surface area contributed by atoms with E-state index in [1.54, 1.807) is 6.92 Å². The van der Waals surface area contributed by atoms with Crippen molar-refractivity contribution in [2.75, 3.05) is 31.0 Å². The van der Waals surface area contributed by atoms with E-state index in [0.29, 0.717) is 12.8 Å². The van der Waals surface area contributed by atoms with Crippen LogP contribution in [0.25, 0.3) is 10.9 Å². The smallest absolute Gasteiger partial charge is 0.340 e. The van der Waals surface area contributed by atoms with E-state index in [9.17, 15) is 21.6 Å². The first-order valence-electron chi connectivity index (χ1n) is 8.55. The lowest BCUT2D eigenvalue weighted by molar-refractivity contribution is 0.0527. The van der Waals surface area contributed by atoms with E-state index in [0.717, 1.165) is 16.5 Å². The molecule has 0 atom stereocenters. The molecule has 0 spiro atoms. The van der Waals surface area contributed by atoms with Crippen molar-refractivity contribution in [3.8, 4) is 5.75 Å². The number of hydrogen-bond acceptors (Lipinski definition) is 7. The number of esters is 1. The van der Waals surface area contributed by atoms with E-state index in [-0.39, 0.29) is 40.2 Å². The van der Waals surface area contributed by atoms with E-state index >= 15 is 0 Å². The molecule has 1 N–H and O–H groups in total. The fourth-order valence-electron chi connectivity index (χ4n) is 3.06. The van der Waals surface area contributed by atoms with Crippen LogP contribution in [0.15, 0.2) is 12.1 Å². The van der Waals surface area contributed by atoms with Crippen LogP contribution in [0, 0.1) is 0 Å². The molecule has 9 nitrogen and oxygen atoms in total. The third-order valence-electron chi connectivity index (χ3n) is 3.93. The highest BCUT2D eigenvalue weighted by Crippen LogP contribution is 2.37. The summed E-state index contributed by atoms with van der Waals surface area (Å²) in [5.74, 6) is -0.549. The summed E-state index contributed by atoms with van der Waals surface area (Å²) in [6.07, 6.45) is 2.92. The monoisotopic (exact) mass is 432 g/mol. The van der Waals surface area contributed by atoms with Gasteiger partial charge in [-0.3, -0.25) is 4.72 Å². The number of aromatic nitrogens is 1. The molecule has 1 aromatic heterocycles. The molecule has 11 heteroatoms. The van der Waals surface area contributed by atoms with Crippen LogP contribution in [0.5, 0.6) is 5.75 Å². The van der Waals surface area contributed by atoms with Crippen molar-refractivity contribution >= 4 is 42.6 Å². The van der Waals surface area contributed by atoms with Gasteiger partial charge in [-0.2, -0.15) is 0 Å². The topological polar surface area (TPSA) is 121 Å². The number of fused-ring (bicyclic) bond motifs is 1. The zero-order valence-electron chi connectivity index (χ0n) is 16.4. The van der Waals surface area contributed by atoms with Crippen LogP contribution in [0.1, 0.15) is 36.3 Å². The summed E-state index contributed by atoms with van der Waals surface area (Å²) in [7, 11) is -6.07. The highest BCUT2D eigenvalue weighted by atomic mass is 32.2. The van der Waals surface area contributed by atoms with Gasteiger partial charge in [-0.25, -0.2) is 25.6 Å². The molecule has 0 radical (unpaired) electrons. The summed E-state index contributed by atoms with van der Waals surface area (Å²) >= 11 is 0. The van der Waals surface area contributed by atoms with Gasteiger partial charge in [-0.05, 0) is 19.4 Å². The Morgan fingerprint density at radius 1 is 1.14 bits per heavy atom. The van der Waals surface area contributed by atoms with Gasteiger partial charge >= 0.3 is 5.97 Å². The summed E-state index contributed by atoms with van der Waals surface area (Å²) in [5, 5.41) is 0.263. The van der Waals surface area contributed by atoms with Crippen LogP contribution in [0.3, 0.4) is 0 Å². The number of hydrogen-bond donors (Lipinski definition) is 1. The molecule has 1 aromatic carbocycles. The SMILES string of the molecule is CCCc1c(C(=O)OCC)c2cc(NS(C)(=O)=O)c(OC)cc2n1S(C)(=O)=O. The molecule has 1 heterocycles. The van der Waals surface area contributed by atoms with Gasteiger partial charge in [-0.15, -0.1) is 0 Å². The standard InChI is InChI=1S/C17H24N2O7S2/c1-6-8-13-16(17(20)26-7-2)11-9-12(18-27(4,21)22)15(25-3)10-14(11)19(13)28(5,23)24/h9-10,18H,6-8H2,1-5H3. The summed E-state index contributed by atoms with van der Waals surface area (Å²) in [4.78, 5) is 12.6. The lowest BCUT2D eigenvalue weighted by Gasteiger charge is -2.12. The van der Waals surface area contributed by atoms with Gasteiger partial charge in [-0.1, -0.05) is 13.3 Å². The van der Waals surface area contributed by atoms with Gasteiger partial charge < -0.3 is 9.47 Å². The Bertz CT molecular complexity index is 1120. The minimum Gasteiger partial charge on any atom is -0.494 e. The van der Waals surface area contributed by atoms with E-state index in [1.165, 1.54) is 19.2 Å². The number of rotatable bonds is 8. The van der Waals surface area contributed by atoms with Crippen LogP contribution < -0.4 is 9.46 Å². The first-order valence-corrected chi connectivity index (χ1v) is 12.3. The number of carbonyl (C=O) groups is 1. The molecule has 2 rings (SSSR count). The van der Waals surface area contributed by atoms with Crippen molar-refractivity contribution in [3.05, 3.63) is 23.4 Å². The van der Waals surface area contributed by atoms with Crippen molar-refractivity contribution in [2.24, 2.45) is 0 Å². The highest BCUT2D eigenvalue weighted by molar-refractivity contribution is 7.92. The third kappa shape index (κ3) is 4.41. The van der Waals surface area contributed by atoms with Crippen LogP contribution in [-0.2, 0) is 31.2 Å². The first-order chi connectivity index (χ1) is 12.9. The Balaban J connectivity index is 3.02. The fourth-order valence-corrected chi connectivity index (χ4v) is 4.71. The number of anilines is 1. The van der Waals surface area contributed by atoms with Gasteiger partial charge in [0, 0.05) is 17.1 Å². The Kier molecular flexibility index (Phi) is 6.29. The van der Waals surface area contributed by atoms with E-state index in [2.05, 4.69) is 4.72 Å². The van der Waals surface area contributed by atoms with Crippen LogP contribution in [0.2, 0.25) is 0 Å². The predicted octanol–water partition coefficient (Wildman–Crippen LogP) is 1.96. The third-order valence-corrected chi connectivity index (χ3v) is 5.60. The van der Waals surface area contributed by atoms with Crippen molar-refractivity contribution in [1.29, 1.82) is 0 Å². The summed E-state index contributed by atoms with van der Waals surface area (Å²) in [5.41, 5.74) is 0.696. The second kappa shape index (κ2) is 8.00. The quantitative estimate of drug-likeness (QED) is 0.633. The van der Waals surface area contributed by atoms with Gasteiger partial charge in [0.15, 0.2) is 0 Å². The second-order valence-corrected chi connectivity index (χ2v) is 9.84. The number of nitrogens with one attached hydrogen (secondary N) is 1. The number of benzene rings is 1. The minimum atomic E-state index is -3.77. The molecule has 28 heavy (non-hydrogen) atoms. The number of methoxy groups -OCH3 is 1. The van der Waals surface area contributed by atoms with Gasteiger partial charge in [0.25, 0.3) is 0 Å². The zero-order chi connectivity index (χ0) is 21.3. The lowest BCUT2D eigenvalue weighted by atomic mass is 10.1. The molecule has 0 saturated carbocycles. The molecule has 0 aliphatic rings. The molecule has 0 aliphatic carbocycles. The number of nitrogens with zero attached hydrogens (tertiary/aromatic N) is 1. The van der Waals surface area contributed by atoms with E-state index in [4.69, 9.17) is 9.47 Å². The zero-order valence-corrected chi connectivity index (χ0v) is 18.0. The van der Waals surface area contributed by atoms with E-state index < -0.39 is 26.0 Å².